The molecule has 0 atom stereocenters. The smallest absolute Gasteiger partial charge is 0.270 e. The van der Waals surface area contributed by atoms with Crippen molar-refractivity contribution in [3.8, 4) is 17.2 Å². The molecule has 0 aliphatic carbocycles. The van der Waals surface area contributed by atoms with Gasteiger partial charge < -0.3 is 14.2 Å². The van der Waals surface area contributed by atoms with E-state index < -0.39 is 4.92 Å². The molecule has 0 radical (unpaired) electrons. The third kappa shape index (κ3) is 3.64. The average molecular weight is 400 g/mol. The largest absolute Gasteiger partial charge is 0.497 e. The van der Waals surface area contributed by atoms with Gasteiger partial charge in [-0.3, -0.25) is 14.7 Å². The van der Waals surface area contributed by atoms with E-state index in [0.717, 1.165) is 17.0 Å². The van der Waals surface area contributed by atoms with Crippen LogP contribution in [0.5, 0.6) is 11.5 Å². The molecule has 0 amide bonds. The molecule has 2 aromatic carbocycles. The Morgan fingerprint density at radius 3 is 2.89 bits per heavy atom. The third-order valence-corrected chi connectivity index (χ3v) is 5.20. The Hall–Kier alpha value is -3.11. The number of ether oxygens (including phenoxy) is 3. The first-order valence-electron chi connectivity index (χ1n) is 8.33. The number of nitro groups is 1. The highest BCUT2D eigenvalue weighted by molar-refractivity contribution is 7.98. The van der Waals surface area contributed by atoms with Gasteiger partial charge in [0, 0.05) is 34.7 Å². The van der Waals surface area contributed by atoms with Crippen LogP contribution in [0.2, 0.25) is 0 Å². The van der Waals surface area contributed by atoms with Crippen LogP contribution in [-0.2, 0) is 17.1 Å². The van der Waals surface area contributed by atoms with Crippen molar-refractivity contribution in [1.29, 1.82) is 0 Å². The molecule has 1 aromatic heterocycles. The summed E-state index contributed by atoms with van der Waals surface area (Å²) >= 11 is 1.42. The summed E-state index contributed by atoms with van der Waals surface area (Å²) < 4.78 is 17.9. The second-order valence-corrected chi connectivity index (χ2v) is 6.87. The second kappa shape index (κ2) is 7.87. The molecule has 2 heterocycles. The van der Waals surface area contributed by atoms with Crippen LogP contribution in [0.25, 0.3) is 5.69 Å². The third-order valence-electron chi connectivity index (χ3n) is 4.21. The number of fused-ring (bicyclic) bond motifs is 1. The highest BCUT2D eigenvalue weighted by Gasteiger charge is 2.21. The topological polar surface area (TPSA) is 102 Å². The van der Waals surface area contributed by atoms with Crippen LogP contribution >= 0.6 is 11.8 Å². The van der Waals surface area contributed by atoms with Crippen LogP contribution in [0, 0.1) is 10.1 Å². The summed E-state index contributed by atoms with van der Waals surface area (Å²) in [5.41, 5.74) is 2.30. The number of aromatic nitrogens is 3. The van der Waals surface area contributed by atoms with E-state index in [2.05, 4.69) is 10.2 Å². The summed E-state index contributed by atoms with van der Waals surface area (Å²) in [6.45, 7) is 0.418. The number of nitro benzene ring substituents is 1. The number of non-ortho nitro benzene ring substituents is 1. The zero-order chi connectivity index (χ0) is 19.5. The van der Waals surface area contributed by atoms with Crippen molar-refractivity contribution >= 4 is 17.4 Å². The Balaban J connectivity index is 1.59. The maximum absolute atomic E-state index is 11.2. The van der Waals surface area contributed by atoms with Crippen LogP contribution < -0.4 is 9.47 Å². The van der Waals surface area contributed by atoms with Gasteiger partial charge in [-0.2, -0.15) is 0 Å². The summed E-state index contributed by atoms with van der Waals surface area (Å²) in [5, 5.41) is 20.1. The highest BCUT2D eigenvalue weighted by Crippen LogP contribution is 2.36. The van der Waals surface area contributed by atoms with Crippen molar-refractivity contribution in [2.24, 2.45) is 0 Å². The lowest BCUT2D eigenvalue weighted by Crippen LogP contribution is -2.13. The van der Waals surface area contributed by atoms with E-state index >= 15 is 0 Å². The summed E-state index contributed by atoms with van der Waals surface area (Å²) in [4.78, 5) is 10.8. The summed E-state index contributed by atoms with van der Waals surface area (Å²) in [6.07, 6.45) is 1.62. The number of hydrogen-bond donors (Lipinski definition) is 0. The molecule has 0 N–H and O–H groups in total. The van der Waals surface area contributed by atoms with Gasteiger partial charge in [0.1, 0.15) is 17.8 Å². The molecule has 9 nitrogen and oxygen atoms in total. The fourth-order valence-electron chi connectivity index (χ4n) is 2.88. The first-order chi connectivity index (χ1) is 13.7. The molecule has 0 bridgehead atoms. The Labute approximate surface area is 164 Å². The van der Waals surface area contributed by atoms with Crippen molar-refractivity contribution in [1.82, 2.24) is 14.8 Å². The summed E-state index contributed by atoms with van der Waals surface area (Å²) in [7, 11) is 1.61. The van der Waals surface area contributed by atoms with Gasteiger partial charge in [-0.05, 0) is 24.3 Å². The van der Waals surface area contributed by atoms with Crippen LogP contribution in [0.15, 0.2) is 47.9 Å². The number of benzene rings is 2. The molecular formula is C18H16N4O5S. The maximum Gasteiger partial charge on any atom is 0.270 e. The molecule has 144 valence electrons. The number of thioether (sulfide) groups is 1. The second-order valence-electron chi connectivity index (χ2n) is 5.93. The standard InChI is InChI=1S/C18H16N4O5S/c1-25-16-4-2-14(3-5-16)21-10-19-20-18(21)28-9-13-7-15(22(23)24)6-12-8-26-11-27-17(12)13/h2-7,10H,8-9,11H2,1H3. The Morgan fingerprint density at radius 2 is 2.14 bits per heavy atom. The molecule has 1 aliphatic rings. The lowest BCUT2D eigenvalue weighted by Gasteiger charge is -2.20. The van der Waals surface area contributed by atoms with E-state index in [1.807, 2.05) is 28.8 Å². The first kappa shape index (κ1) is 18.3. The van der Waals surface area contributed by atoms with Gasteiger partial charge in [0.25, 0.3) is 5.69 Å². The molecule has 1 aliphatic heterocycles. The Morgan fingerprint density at radius 1 is 1.32 bits per heavy atom. The molecular weight excluding hydrogens is 384 g/mol. The molecule has 10 heteroatoms. The van der Waals surface area contributed by atoms with Crippen molar-refractivity contribution in [2.75, 3.05) is 13.9 Å². The molecule has 0 fully saturated rings. The van der Waals surface area contributed by atoms with E-state index in [1.165, 1.54) is 23.9 Å². The number of hydrogen-bond acceptors (Lipinski definition) is 8. The lowest BCUT2D eigenvalue weighted by atomic mass is 10.1. The molecule has 4 rings (SSSR count). The highest BCUT2D eigenvalue weighted by atomic mass is 32.2. The van der Waals surface area contributed by atoms with Crippen molar-refractivity contribution < 1.29 is 19.1 Å². The summed E-state index contributed by atoms with van der Waals surface area (Å²) in [6, 6.07) is 10.5. The average Bonchev–Trinajstić information content (AvgIpc) is 3.20. The predicted molar refractivity (Wildman–Crippen MR) is 101 cm³/mol. The van der Waals surface area contributed by atoms with Gasteiger partial charge in [0.2, 0.25) is 0 Å². The molecule has 3 aromatic rings. The maximum atomic E-state index is 11.2. The Kier molecular flexibility index (Phi) is 5.13. The van der Waals surface area contributed by atoms with Crippen LogP contribution in [0.4, 0.5) is 5.69 Å². The molecule has 0 spiro atoms. The molecule has 0 unspecified atom stereocenters. The zero-order valence-corrected chi connectivity index (χ0v) is 15.7. The van der Waals surface area contributed by atoms with Crippen LogP contribution in [0.1, 0.15) is 11.1 Å². The number of methoxy groups -OCH3 is 1. The van der Waals surface area contributed by atoms with Crippen molar-refractivity contribution in [3.05, 3.63) is 64.0 Å². The summed E-state index contributed by atoms with van der Waals surface area (Å²) in [5.74, 6) is 1.84. The monoisotopic (exact) mass is 400 g/mol. The van der Waals surface area contributed by atoms with Crippen LogP contribution in [0.3, 0.4) is 0 Å². The molecule has 28 heavy (non-hydrogen) atoms. The van der Waals surface area contributed by atoms with E-state index in [1.54, 1.807) is 13.4 Å². The number of nitrogens with zero attached hydrogens (tertiary/aromatic N) is 4. The van der Waals surface area contributed by atoms with Crippen molar-refractivity contribution in [3.63, 3.8) is 0 Å². The Bertz CT molecular complexity index is 1010. The van der Waals surface area contributed by atoms with Gasteiger partial charge in [0.15, 0.2) is 11.9 Å². The van der Waals surface area contributed by atoms with Gasteiger partial charge in [-0.15, -0.1) is 10.2 Å². The van der Waals surface area contributed by atoms with Crippen molar-refractivity contribution in [2.45, 2.75) is 17.5 Å². The lowest BCUT2D eigenvalue weighted by molar-refractivity contribution is -0.385. The molecule has 0 saturated heterocycles. The normalized spacial score (nSPS) is 12.9. The van der Waals surface area contributed by atoms with E-state index in [9.17, 15) is 10.1 Å². The van der Waals surface area contributed by atoms with Gasteiger partial charge in [0.05, 0.1) is 18.6 Å². The van der Waals surface area contributed by atoms with Gasteiger partial charge in [-0.1, -0.05) is 11.8 Å². The first-order valence-corrected chi connectivity index (χ1v) is 9.32. The molecule has 0 saturated carbocycles. The quantitative estimate of drug-likeness (QED) is 0.353. The fraction of sp³-hybridized carbons (Fsp3) is 0.222. The van der Waals surface area contributed by atoms with E-state index in [0.29, 0.717) is 22.2 Å². The predicted octanol–water partition coefficient (Wildman–Crippen LogP) is 3.34. The van der Waals surface area contributed by atoms with E-state index in [-0.39, 0.29) is 19.1 Å². The fourth-order valence-corrected chi connectivity index (χ4v) is 3.77. The van der Waals surface area contributed by atoms with Crippen LogP contribution in [-0.4, -0.2) is 33.6 Å². The minimum Gasteiger partial charge on any atom is -0.497 e. The van der Waals surface area contributed by atoms with Gasteiger partial charge in [-0.25, -0.2) is 0 Å². The van der Waals surface area contributed by atoms with Gasteiger partial charge >= 0.3 is 0 Å². The van der Waals surface area contributed by atoms with E-state index in [4.69, 9.17) is 14.2 Å². The number of rotatable bonds is 6. The SMILES string of the molecule is COc1ccc(-n2cnnc2SCc2cc([N+](=O)[O-])cc3c2OCOC3)cc1. The zero-order valence-electron chi connectivity index (χ0n) is 14.9. The minimum absolute atomic E-state index is 0.0140. The minimum atomic E-state index is -0.414.